The molecule has 1 N–H and O–H groups in total. The highest BCUT2D eigenvalue weighted by molar-refractivity contribution is 5.33. The lowest BCUT2D eigenvalue weighted by atomic mass is 9.86. The first kappa shape index (κ1) is 15.7. The first-order chi connectivity index (χ1) is 10.0. The van der Waals surface area contributed by atoms with Crippen molar-refractivity contribution in [2.75, 3.05) is 21.1 Å². The maximum absolute atomic E-state index is 4.27. The number of benzene rings is 1. The fourth-order valence-electron chi connectivity index (χ4n) is 2.77. The molecule has 0 aliphatic rings. The van der Waals surface area contributed by atoms with Gasteiger partial charge in [-0.25, -0.2) is 4.68 Å². The average Bonchev–Trinajstić information content (AvgIpc) is 2.97. The fourth-order valence-corrected chi connectivity index (χ4v) is 2.77. The molecule has 2 atom stereocenters. The van der Waals surface area contributed by atoms with E-state index in [1.54, 1.807) is 0 Å². The molecule has 0 bridgehead atoms. The quantitative estimate of drug-likeness (QED) is 0.885. The molecule has 5 heteroatoms. The number of hydrogen-bond donors (Lipinski definition) is 1. The molecule has 114 valence electrons. The van der Waals surface area contributed by atoms with Crippen molar-refractivity contribution < 1.29 is 0 Å². The van der Waals surface area contributed by atoms with Crippen molar-refractivity contribution in [3.05, 3.63) is 42.2 Å². The van der Waals surface area contributed by atoms with Crippen LogP contribution in [0.2, 0.25) is 0 Å². The van der Waals surface area contributed by atoms with Crippen molar-refractivity contribution in [1.29, 1.82) is 0 Å². The SMILES string of the molecule is CCC(C)(C(NC)c1cnnn1-c1ccccc1)N(C)C. The zero-order valence-electron chi connectivity index (χ0n) is 13.5. The molecule has 0 amide bonds. The second-order valence-electron chi connectivity index (χ2n) is 5.73. The molecule has 2 rings (SSSR count). The van der Waals surface area contributed by atoms with Crippen molar-refractivity contribution in [1.82, 2.24) is 25.2 Å². The van der Waals surface area contributed by atoms with E-state index < -0.39 is 0 Å². The molecule has 0 saturated carbocycles. The summed E-state index contributed by atoms with van der Waals surface area (Å²) in [5.74, 6) is 0. The maximum atomic E-state index is 4.27. The summed E-state index contributed by atoms with van der Waals surface area (Å²) in [5.41, 5.74) is 2.08. The Morgan fingerprint density at radius 1 is 1.29 bits per heavy atom. The van der Waals surface area contributed by atoms with Gasteiger partial charge >= 0.3 is 0 Å². The average molecular weight is 287 g/mol. The number of likely N-dealkylation sites (N-methyl/N-ethyl adjacent to an activating group) is 2. The lowest BCUT2D eigenvalue weighted by Crippen LogP contribution is -2.51. The van der Waals surface area contributed by atoms with Crippen LogP contribution in [0.5, 0.6) is 0 Å². The van der Waals surface area contributed by atoms with Gasteiger partial charge in [-0.15, -0.1) is 5.10 Å². The van der Waals surface area contributed by atoms with Crippen LogP contribution in [0.15, 0.2) is 36.5 Å². The number of hydrogen-bond acceptors (Lipinski definition) is 4. The second kappa shape index (κ2) is 6.37. The summed E-state index contributed by atoms with van der Waals surface area (Å²) in [6, 6.07) is 10.3. The molecule has 1 heterocycles. The standard InChI is InChI=1S/C16H25N5/c1-6-16(2,20(4)5)15(17-3)14-12-18-19-21(14)13-10-8-7-9-11-13/h7-12,15,17H,6H2,1-5H3. The van der Waals surface area contributed by atoms with Gasteiger partial charge in [-0.3, -0.25) is 0 Å². The zero-order chi connectivity index (χ0) is 15.5. The topological polar surface area (TPSA) is 46.0 Å². The molecule has 21 heavy (non-hydrogen) atoms. The highest BCUT2D eigenvalue weighted by Crippen LogP contribution is 2.32. The van der Waals surface area contributed by atoms with Crippen LogP contribution >= 0.6 is 0 Å². The van der Waals surface area contributed by atoms with Crippen molar-refractivity contribution in [3.63, 3.8) is 0 Å². The summed E-state index contributed by atoms with van der Waals surface area (Å²) in [4.78, 5) is 2.26. The van der Waals surface area contributed by atoms with Crippen LogP contribution in [0, 0.1) is 0 Å². The lowest BCUT2D eigenvalue weighted by Gasteiger charge is -2.42. The monoisotopic (exact) mass is 287 g/mol. The fraction of sp³-hybridized carbons (Fsp3) is 0.500. The number of aromatic nitrogens is 3. The Bertz CT molecular complexity index is 563. The van der Waals surface area contributed by atoms with Gasteiger partial charge in [0.25, 0.3) is 0 Å². The summed E-state index contributed by atoms with van der Waals surface area (Å²) in [6.07, 6.45) is 2.87. The second-order valence-corrected chi connectivity index (χ2v) is 5.73. The van der Waals surface area contributed by atoms with Crippen LogP contribution in [-0.2, 0) is 0 Å². The Morgan fingerprint density at radius 2 is 1.95 bits per heavy atom. The predicted octanol–water partition coefficient (Wildman–Crippen LogP) is 2.26. The predicted molar refractivity (Wildman–Crippen MR) is 85.5 cm³/mol. The summed E-state index contributed by atoms with van der Waals surface area (Å²) in [7, 11) is 6.22. The number of para-hydroxylation sites is 1. The van der Waals surface area contributed by atoms with Gasteiger partial charge in [0.05, 0.1) is 23.6 Å². The highest BCUT2D eigenvalue weighted by Gasteiger charge is 2.37. The van der Waals surface area contributed by atoms with Gasteiger partial charge < -0.3 is 10.2 Å². The molecule has 5 nitrogen and oxygen atoms in total. The Morgan fingerprint density at radius 3 is 2.48 bits per heavy atom. The third-order valence-corrected chi connectivity index (χ3v) is 4.52. The molecular weight excluding hydrogens is 262 g/mol. The lowest BCUT2D eigenvalue weighted by molar-refractivity contribution is 0.113. The molecular formula is C16H25N5. The minimum Gasteiger partial charge on any atom is -0.310 e. The minimum absolute atomic E-state index is 0.0248. The first-order valence-corrected chi connectivity index (χ1v) is 7.35. The third kappa shape index (κ3) is 2.84. The normalized spacial score (nSPS) is 15.9. The molecule has 0 saturated heterocycles. The van der Waals surface area contributed by atoms with Crippen LogP contribution in [0.4, 0.5) is 0 Å². The van der Waals surface area contributed by atoms with Gasteiger partial charge in [-0.05, 0) is 46.6 Å². The smallest absolute Gasteiger partial charge is 0.0833 e. The maximum Gasteiger partial charge on any atom is 0.0833 e. The van der Waals surface area contributed by atoms with Gasteiger partial charge in [0.15, 0.2) is 0 Å². The molecule has 0 aliphatic heterocycles. The number of rotatable bonds is 6. The van der Waals surface area contributed by atoms with E-state index in [2.05, 4.69) is 48.5 Å². The minimum atomic E-state index is -0.0248. The summed E-state index contributed by atoms with van der Waals surface area (Å²) in [5, 5.41) is 11.8. The van der Waals surface area contributed by atoms with E-state index in [1.165, 1.54) is 0 Å². The zero-order valence-corrected chi connectivity index (χ0v) is 13.5. The largest absolute Gasteiger partial charge is 0.310 e. The number of nitrogens with one attached hydrogen (secondary N) is 1. The summed E-state index contributed by atoms with van der Waals surface area (Å²) < 4.78 is 1.92. The molecule has 0 spiro atoms. The van der Waals surface area contributed by atoms with Crippen LogP contribution < -0.4 is 5.32 Å². The van der Waals surface area contributed by atoms with E-state index in [4.69, 9.17) is 0 Å². The van der Waals surface area contributed by atoms with E-state index >= 15 is 0 Å². The van der Waals surface area contributed by atoms with Crippen LogP contribution in [0.1, 0.15) is 32.0 Å². The van der Waals surface area contributed by atoms with E-state index in [0.717, 1.165) is 17.8 Å². The van der Waals surface area contributed by atoms with E-state index in [1.807, 2.05) is 48.3 Å². The molecule has 0 fully saturated rings. The van der Waals surface area contributed by atoms with Crippen LogP contribution in [-0.4, -0.2) is 46.6 Å². The van der Waals surface area contributed by atoms with Gasteiger partial charge in [-0.2, -0.15) is 0 Å². The Hall–Kier alpha value is -1.72. The van der Waals surface area contributed by atoms with Gasteiger partial charge in [0.2, 0.25) is 0 Å². The molecule has 2 unspecified atom stereocenters. The number of nitrogens with zero attached hydrogens (tertiary/aromatic N) is 4. The van der Waals surface area contributed by atoms with E-state index in [-0.39, 0.29) is 11.6 Å². The molecule has 1 aromatic carbocycles. The van der Waals surface area contributed by atoms with E-state index in [9.17, 15) is 0 Å². The van der Waals surface area contributed by atoms with Crippen molar-refractivity contribution >= 4 is 0 Å². The van der Waals surface area contributed by atoms with Crippen molar-refractivity contribution in [3.8, 4) is 5.69 Å². The summed E-state index contributed by atoms with van der Waals surface area (Å²) in [6.45, 7) is 4.47. The Balaban J connectivity index is 2.48. The van der Waals surface area contributed by atoms with Crippen molar-refractivity contribution in [2.45, 2.75) is 31.8 Å². The highest BCUT2D eigenvalue weighted by atomic mass is 15.4. The first-order valence-electron chi connectivity index (χ1n) is 7.35. The van der Waals surface area contributed by atoms with Crippen molar-refractivity contribution in [2.24, 2.45) is 0 Å². The molecule has 2 aromatic rings. The van der Waals surface area contributed by atoms with Crippen LogP contribution in [0.3, 0.4) is 0 Å². The van der Waals surface area contributed by atoms with Gasteiger partial charge in [0.1, 0.15) is 0 Å². The third-order valence-electron chi connectivity index (χ3n) is 4.52. The Kier molecular flexibility index (Phi) is 4.75. The molecule has 1 aromatic heterocycles. The van der Waals surface area contributed by atoms with E-state index in [0.29, 0.717) is 0 Å². The Labute approximate surface area is 127 Å². The summed E-state index contributed by atoms with van der Waals surface area (Å²) >= 11 is 0. The van der Waals surface area contributed by atoms with Gasteiger partial charge in [0, 0.05) is 5.54 Å². The molecule has 0 radical (unpaired) electrons. The van der Waals surface area contributed by atoms with Gasteiger partial charge in [-0.1, -0.05) is 30.3 Å². The molecule has 0 aliphatic carbocycles. The van der Waals surface area contributed by atoms with Crippen LogP contribution in [0.25, 0.3) is 5.69 Å².